The van der Waals surface area contributed by atoms with Crippen LogP contribution in [-0.2, 0) is 4.79 Å². The zero-order valence-electron chi connectivity index (χ0n) is 18.0. The zero-order chi connectivity index (χ0) is 22.1. The van der Waals surface area contributed by atoms with Crippen molar-refractivity contribution in [3.63, 3.8) is 0 Å². The summed E-state index contributed by atoms with van der Waals surface area (Å²) >= 11 is 0. The second-order valence-corrected chi connectivity index (χ2v) is 7.77. The van der Waals surface area contributed by atoms with Crippen molar-refractivity contribution in [3.8, 4) is 33.8 Å². The molecule has 0 radical (unpaired) electrons. The number of fused-ring (bicyclic) bond motifs is 2. The minimum absolute atomic E-state index is 0.337. The maximum absolute atomic E-state index is 11.8. The van der Waals surface area contributed by atoms with E-state index in [1.165, 1.54) is 6.92 Å². The number of carbonyl (C=O) groups is 1. The molecule has 0 amide bonds. The van der Waals surface area contributed by atoms with Crippen molar-refractivity contribution in [2.24, 2.45) is 0 Å². The summed E-state index contributed by atoms with van der Waals surface area (Å²) in [5.41, 5.74) is 4.07. The standard InChI is InChI=1S/C29H22O3/c1-19(30)32-29-18-25-14-24-17-28(31-2)26(20-9-5-3-6-10-20)15-22(24)13-23(25)16-27(29)21-11-7-4-8-12-21/h3-18H,1-2H3. The second-order valence-electron chi connectivity index (χ2n) is 7.77. The lowest BCUT2D eigenvalue weighted by Crippen LogP contribution is -2.02. The number of hydrogen-bond donors (Lipinski definition) is 0. The molecule has 5 aromatic carbocycles. The summed E-state index contributed by atoms with van der Waals surface area (Å²) in [5.74, 6) is 1.05. The van der Waals surface area contributed by atoms with Crippen molar-refractivity contribution < 1.29 is 14.3 Å². The van der Waals surface area contributed by atoms with Crippen LogP contribution in [-0.4, -0.2) is 13.1 Å². The Morgan fingerprint density at radius 2 is 1.03 bits per heavy atom. The third-order valence-corrected chi connectivity index (χ3v) is 5.64. The van der Waals surface area contributed by atoms with Gasteiger partial charge >= 0.3 is 5.97 Å². The first-order valence-electron chi connectivity index (χ1n) is 10.5. The van der Waals surface area contributed by atoms with Crippen LogP contribution in [0.5, 0.6) is 11.5 Å². The normalized spacial score (nSPS) is 10.9. The molecule has 0 N–H and O–H groups in total. The largest absolute Gasteiger partial charge is 0.496 e. The summed E-state index contributed by atoms with van der Waals surface area (Å²) in [6, 6.07) is 32.8. The highest BCUT2D eigenvalue weighted by molar-refractivity contribution is 6.03. The van der Waals surface area contributed by atoms with Crippen LogP contribution in [0.1, 0.15) is 6.92 Å². The Labute approximate surface area is 186 Å². The fourth-order valence-corrected chi connectivity index (χ4v) is 4.15. The molecule has 3 heteroatoms. The lowest BCUT2D eigenvalue weighted by Gasteiger charge is -2.14. The van der Waals surface area contributed by atoms with Crippen molar-refractivity contribution in [2.45, 2.75) is 6.92 Å². The molecular formula is C29H22O3. The summed E-state index contributed by atoms with van der Waals surface area (Å²) in [6.07, 6.45) is 0. The van der Waals surface area contributed by atoms with Crippen molar-refractivity contribution >= 4 is 27.5 Å². The minimum Gasteiger partial charge on any atom is -0.496 e. The van der Waals surface area contributed by atoms with Gasteiger partial charge in [-0.05, 0) is 69.1 Å². The Morgan fingerprint density at radius 3 is 1.50 bits per heavy atom. The highest BCUT2D eigenvalue weighted by Crippen LogP contribution is 2.39. The third-order valence-electron chi connectivity index (χ3n) is 5.64. The van der Waals surface area contributed by atoms with E-state index in [1.54, 1.807) is 7.11 Å². The molecule has 0 aliphatic heterocycles. The summed E-state index contributed by atoms with van der Waals surface area (Å²) in [7, 11) is 1.69. The summed E-state index contributed by atoms with van der Waals surface area (Å²) in [5, 5.41) is 4.27. The van der Waals surface area contributed by atoms with Crippen molar-refractivity contribution in [1.82, 2.24) is 0 Å². The van der Waals surface area contributed by atoms with E-state index in [-0.39, 0.29) is 5.97 Å². The van der Waals surface area contributed by atoms with Crippen LogP contribution in [0, 0.1) is 0 Å². The predicted octanol–water partition coefficient (Wildman–Crippen LogP) is 7.26. The van der Waals surface area contributed by atoms with E-state index in [1.807, 2.05) is 54.6 Å². The Morgan fingerprint density at radius 1 is 0.594 bits per heavy atom. The summed E-state index contributed by atoms with van der Waals surface area (Å²) < 4.78 is 11.3. The van der Waals surface area contributed by atoms with Gasteiger partial charge in [0.2, 0.25) is 0 Å². The first-order valence-corrected chi connectivity index (χ1v) is 10.5. The molecule has 0 fully saturated rings. The molecule has 0 unspecified atom stereocenters. The monoisotopic (exact) mass is 418 g/mol. The Bertz CT molecular complexity index is 1440. The topological polar surface area (TPSA) is 35.5 Å². The second kappa shape index (κ2) is 8.20. The summed E-state index contributed by atoms with van der Waals surface area (Å²) in [4.78, 5) is 11.8. The molecule has 0 bridgehead atoms. The van der Waals surface area contributed by atoms with Gasteiger partial charge in [0, 0.05) is 18.1 Å². The SMILES string of the molecule is COc1cc2cc3cc(OC(C)=O)c(-c4ccccc4)cc3cc2cc1-c1ccccc1. The number of ether oxygens (including phenoxy) is 2. The highest BCUT2D eigenvalue weighted by atomic mass is 16.5. The predicted molar refractivity (Wildman–Crippen MR) is 130 cm³/mol. The number of rotatable bonds is 4. The van der Waals surface area contributed by atoms with Gasteiger partial charge in [-0.2, -0.15) is 0 Å². The molecule has 0 saturated heterocycles. The lowest BCUT2D eigenvalue weighted by atomic mass is 9.95. The number of esters is 1. The van der Waals surface area contributed by atoms with E-state index in [2.05, 4.69) is 42.5 Å². The third kappa shape index (κ3) is 3.69. The lowest BCUT2D eigenvalue weighted by molar-refractivity contribution is -0.131. The first-order chi connectivity index (χ1) is 15.6. The maximum atomic E-state index is 11.8. The molecule has 0 heterocycles. The van der Waals surface area contributed by atoms with Gasteiger partial charge in [0.1, 0.15) is 11.5 Å². The van der Waals surface area contributed by atoms with Gasteiger partial charge in [0.05, 0.1) is 7.11 Å². The molecule has 3 nitrogen and oxygen atoms in total. The molecule has 0 saturated carbocycles. The van der Waals surface area contributed by atoms with Gasteiger partial charge in [-0.15, -0.1) is 0 Å². The number of carbonyl (C=O) groups excluding carboxylic acids is 1. The van der Waals surface area contributed by atoms with E-state index in [4.69, 9.17) is 9.47 Å². The molecule has 5 aromatic rings. The van der Waals surface area contributed by atoms with Gasteiger partial charge in [0.25, 0.3) is 0 Å². The Balaban J connectivity index is 1.75. The average Bonchev–Trinajstić information content (AvgIpc) is 2.82. The fourth-order valence-electron chi connectivity index (χ4n) is 4.15. The van der Waals surface area contributed by atoms with Crippen LogP contribution in [0.4, 0.5) is 0 Å². The van der Waals surface area contributed by atoms with E-state index in [0.717, 1.165) is 49.5 Å². The summed E-state index contributed by atoms with van der Waals surface area (Å²) in [6.45, 7) is 1.43. The molecular weight excluding hydrogens is 396 g/mol. The fraction of sp³-hybridized carbons (Fsp3) is 0.0690. The molecule has 0 aliphatic rings. The van der Waals surface area contributed by atoms with Crippen LogP contribution in [0.3, 0.4) is 0 Å². The molecule has 32 heavy (non-hydrogen) atoms. The van der Waals surface area contributed by atoms with Crippen LogP contribution in [0.15, 0.2) is 97.1 Å². The van der Waals surface area contributed by atoms with E-state index in [9.17, 15) is 4.79 Å². The Kier molecular flexibility index (Phi) is 5.08. The number of benzene rings is 5. The average molecular weight is 418 g/mol. The quantitative estimate of drug-likeness (QED) is 0.175. The van der Waals surface area contributed by atoms with Crippen molar-refractivity contribution in [2.75, 3.05) is 7.11 Å². The molecule has 0 spiro atoms. The van der Waals surface area contributed by atoms with Crippen LogP contribution >= 0.6 is 0 Å². The van der Waals surface area contributed by atoms with Crippen LogP contribution < -0.4 is 9.47 Å². The first kappa shape index (κ1) is 19.8. The van der Waals surface area contributed by atoms with Gasteiger partial charge in [-0.1, -0.05) is 60.7 Å². The maximum Gasteiger partial charge on any atom is 0.308 e. The highest BCUT2D eigenvalue weighted by Gasteiger charge is 2.13. The van der Waals surface area contributed by atoms with Crippen LogP contribution in [0.25, 0.3) is 43.8 Å². The molecule has 0 atom stereocenters. The van der Waals surface area contributed by atoms with E-state index < -0.39 is 0 Å². The Hall–Kier alpha value is -4.11. The van der Waals surface area contributed by atoms with Crippen LogP contribution in [0.2, 0.25) is 0 Å². The van der Waals surface area contributed by atoms with Crippen molar-refractivity contribution in [1.29, 1.82) is 0 Å². The van der Waals surface area contributed by atoms with E-state index in [0.29, 0.717) is 5.75 Å². The van der Waals surface area contributed by atoms with Gasteiger partial charge in [-0.25, -0.2) is 0 Å². The minimum atomic E-state index is -0.337. The smallest absolute Gasteiger partial charge is 0.308 e. The molecule has 0 aromatic heterocycles. The number of methoxy groups -OCH3 is 1. The van der Waals surface area contributed by atoms with Gasteiger partial charge in [-0.3, -0.25) is 4.79 Å². The number of hydrogen-bond acceptors (Lipinski definition) is 3. The zero-order valence-corrected chi connectivity index (χ0v) is 18.0. The van der Waals surface area contributed by atoms with Gasteiger partial charge in [0.15, 0.2) is 0 Å². The van der Waals surface area contributed by atoms with Crippen molar-refractivity contribution in [3.05, 3.63) is 97.1 Å². The van der Waals surface area contributed by atoms with E-state index >= 15 is 0 Å². The van der Waals surface area contributed by atoms with Gasteiger partial charge < -0.3 is 9.47 Å². The molecule has 5 rings (SSSR count). The molecule has 0 aliphatic carbocycles. The molecule has 156 valence electrons.